The van der Waals surface area contributed by atoms with Crippen LogP contribution in [0.4, 0.5) is 0 Å². The lowest BCUT2D eigenvalue weighted by Crippen LogP contribution is -2.25. The molecule has 2 aromatic rings. The van der Waals surface area contributed by atoms with Gasteiger partial charge in [0.2, 0.25) is 5.91 Å². The van der Waals surface area contributed by atoms with Gasteiger partial charge in [-0.1, -0.05) is 44.7 Å². The summed E-state index contributed by atoms with van der Waals surface area (Å²) < 4.78 is 2.02. The number of carbonyl (C=O) groups is 1. The quantitative estimate of drug-likeness (QED) is 0.794. The molecule has 0 aliphatic rings. The first-order valence-electron chi connectivity index (χ1n) is 7.65. The summed E-state index contributed by atoms with van der Waals surface area (Å²) in [5, 5.41) is 3.71. The van der Waals surface area contributed by atoms with Crippen LogP contribution in [0.1, 0.15) is 38.7 Å². The fraction of sp³-hybridized carbons (Fsp3) is 0.412. The Kier molecular flexibility index (Phi) is 6.07. The molecule has 1 heterocycles. The number of carbonyl (C=O) groups excluding carboxylic acids is 1. The van der Waals surface area contributed by atoms with Crippen LogP contribution in [0.5, 0.6) is 0 Å². The second-order valence-electron chi connectivity index (χ2n) is 5.46. The number of hydrogen-bond donors (Lipinski definition) is 1. The number of thioether (sulfide) groups is 1. The van der Waals surface area contributed by atoms with E-state index in [9.17, 15) is 4.79 Å². The van der Waals surface area contributed by atoms with Crippen molar-refractivity contribution in [3.8, 4) is 5.69 Å². The van der Waals surface area contributed by atoms with Crippen molar-refractivity contribution in [2.45, 2.75) is 38.3 Å². The second-order valence-corrected chi connectivity index (χ2v) is 6.41. The van der Waals surface area contributed by atoms with Gasteiger partial charge in [0, 0.05) is 24.6 Å². The molecule has 0 spiro atoms. The Bertz CT molecular complexity index is 605. The Morgan fingerprint density at radius 3 is 2.68 bits per heavy atom. The zero-order valence-electron chi connectivity index (χ0n) is 13.4. The van der Waals surface area contributed by atoms with Crippen LogP contribution in [0.2, 0.25) is 0 Å². The van der Waals surface area contributed by atoms with Crippen molar-refractivity contribution in [1.82, 2.24) is 14.9 Å². The molecule has 4 nitrogen and oxygen atoms in total. The minimum atomic E-state index is 0.0524. The SMILES string of the molecule is CCCNC(=O)CSc1nccn1-c1ccc(C(C)C)cc1. The van der Waals surface area contributed by atoms with Crippen molar-refractivity contribution in [3.05, 3.63) is 42.2 Å². The summed E-state index contributed by atoms with van der Waals surface area (Å²) in [6, 6.07) is 8.47. The third kappa shape index (κ3) is 4.37. The standard InChI is InChI=1S/C17H23N3OS/c1-4-9-18-16(21)12-22-17-19-10-11-20(17)15-7-5-14(6-8-15)13(2)3/h5-8,10-11,13H,4,9,12H2,1-3H3,(H,18,21). The summed E-state index contributed by atoms with van der Waals surface area (Å²) in [6.07, 6.45) is 4.65. The molecule has 0 aliphatic heterocycles. The van der Waals surface area contributed by atoms with Crippen LogP contribution in [-0.2, 0) is 4.79 Å². The van der Waals surface area contributed by atoms with Gasteiger partial charge in [-0.15, -0.1) is 0 Å². The van der Waals surface area contributed by atoms with Gasteiger partial charge in [0.25, 0.3) is 0 Å². The first-order chi connectivity index (χ1) is 10.6. The van der Waals surface area contributed by atoms with Crippen LogP contribution in [0.25, 0.3) is 5.69 Å². The van der Waals surface area contributed by atoms with Crippen molar-refractivity contribution >= 4 is 17.7 Å². The average Bonchev–Trinajstić information content (AvgIpc) is 2.99. The lowest BCUT2D eigenvalue weighted by atomic mass is 10.0. The van der Waals surface area contributed by atoms with Crippen molar-refractivity contribution in [1.29, 1.82) is 0 Å². The number of benzene rings is 1. The molecule has 1 aromatic heterocycles. The van der Waals surface area contributed by atoms with Crippen LogP contribution >= 0.6 is 11.8 Å². The molecule has 2 rings (SSSR count). The Labute approximate surface area is 136 Å². The zero-order chi connectivity index (χ0) is 15.9. The summed E-state index contributed by atoms with van der Waals surface area (Å²) >= 11 is 1.46. The van der Waals surface area contributed by atoms with E-state index >= 15 is 0 Å². The maximum atomic E-state index is 11.7. The summed E-state index contributed by atoms with van der Waals surface area (Å²) in [5.41, 5.74) is 2.38. The highest BCUT2D eigenvalue weighted by molar-refractivity contribution is 7.99. The van der Waals surface area contributed by atoms with Gasteiger partial charge in [0.15, 0.2) is 5.16 Å². The Hall–Kier alpha value is -1.75. The predicted octanol–water partition coefficient (Wildman–Crippen LogP) is 3.61. The van der Waals surface area contributed by atoms with Gasteiger partial charge in [-0.05, 0) is 30.0 Å². The molecule has 118 valence electrons. The number of nitrogens with one attached hydrogen (secondary N) is 1. The van der Waals surface area contributed by atoms with Crippen LogP contribution < -0.4 is 5.32 Å². The largest absolute Gasteiger partial charge is 0.355 e. The van der Waals surface area contributed by atoms with Gasteiger partial charge in [-0.25, -0.2) is 4.98 Å². The van der Waals surface area contributed by atoms with E-state index in [1.54, 1.807) is 6.20 Å². The molecule has 0 bridgehead atoms. The number of nitrogens with zero attached hydrogens (tertiary/aromatic N) is 2. The number of amides is 1. The van der Waals surface area contributed by atoms with E-state index in [4.69, 9.17) is 0 Å². The number of hydrogen-bond acceptors (Lipinski definition) is 3. The molecule has 22 heavy (non-hydrogen) atoms. The molecule has 1 N–H and O–H groups in total. The normalized spacial score (nSPS) is 10.9. The summed E-state index contributed by atoms with van der Waals surface area (Å²) in [7, 11) is 0. The van der Waals surface area contributed by atoms with Crippen molar-refractivity contribution in [2.24, 2.45) is 0 Å². The second kappa shape index (κ2) is 8.03. The third-order valence-electron chi connectivity index (χ3n) is 3.35. The predicted molar refractivity (Wildman–Crippen MR) is 91.7 cm³/mol. The monoisotopic (exact) mass is 317 g/mol. The van der Waals surface area contributed by atoms with Crippen LogP contribution in [-0.4, -0.2) is 27.8 Å². The molecular weight excluding hydrogens is 294 g/mol. The van der Waals surface area contributed by atoms with Gasteiger partial charge >= 0.3 is 0 Å². The van der Waals surface area contributed by atoms with E-state index in [2.05, 4.69) is 48.4 Å². The summed E-state index contributed by atoms with van der Waals surface area (Å²) in [4.78, 5) is 16.0. The van der Waals surface area contributed by atoms with Gasteiger partial charge in [-0.3, -0.25) is 9.36 Å². The van der Waals surface area contributed by atoms with Crippen LogP contribution in [0, 0.1) is 0 Å². The highest BCUT2D eigenvalue weighted by atomic mass is 32.2. The maximum Gasteiger partial charge on any atom is 0.230 e. The van der Waals surface area contributed by atoms with E-state index in [1.165, 1.54) is 17.3 Å². The topological polar surface area (TPSA) is 46.9 Å². The van der Waals surface area contributed by atoms with Crippen molar-refractivity contribution in [2.75, 3.05) is 12.3 Å². The first-order valence-corrected chi connectivity index (χ1v) is 8.63. The van der Waals surface area contributed by atoms with E-state index in [0.29, 0.717) is 11.7 Å². The van der Waals surface area contributed by atoms with Crippen LogP contribution in [0.3, 0.4) is 0 Å². The molecule has 0 saturated carbocycles. The molecule has 5 heteroatoms. The highest BCUT2D eigenvalue weighted by Gasteiger charge is 2.09. The zero-order valence-corrected chi connectivity index (χ0v) is 14.2. The lowest BCUT2D eigenvalue weighted by molar-refractivity contribution is -0.118. The molecule has 1 amide bonds. The third-order valence-corrected chi connectivity index (χ3v) is 4.32. The highest BCUT2D eigenvalue weighted by Crippen LogP contribution is 2.22. The molecule has 0 unspecified atom stereocenters. The fourth-order valence-corrected chi connectivity index (χ4v) is 2.86. The fourth-order valence-electron chi connectivity index (χ4n) is 2.06. The Balaban J connectivity index is 2.04. The Morgan fingerprint density at radius 2 is 2.05 bits per heavy atom. The lowest BCUT2D eigenvalue weighted by Gasteiger charge is -2.10. The molecule has 0 radical (unpaired) electrons. The van der Waals surface area contributed by atoms with Gasteiger partial charge in [0.1, 0.15) is 0 Å². The molecule has 0 saturated heterocycles. The molecule has 0 aliphatic carbocycles. The van der Waals surface area contributed by atoms with Gasteiger partial charge in [-0.2, -0.15) is 0 Å². The van der Waals surface area contributed by atoms with Gasteiger partial charge < -0.3 is 5.32 Å². The molecule has 0 atom stereocenters. The molecular formula is C17H23N3OS. The molecule has 0 fully saturated rings. The van der Waals surface area contributed by atoms with E-state index < -0.39 is 0 Å². The molecule has 1 aromatic carbocycles. The number of rotatable bonds is 7. The van der Waals surface area contributed by atoms with E-state index in [-0.39, 0.29) is 5.91 Å². The minimum Gasteiger partial charge on any atom is -0.355 e. The smallest absolute Gasteiger partial charge is 0.230 e. The average molecular weight is 317 g/mol. The van der Waals surface area contributed by atoms with Gasteiger partial charge in [0.05, 0.1) is 5.75 Å². The minimum absolute atomic E-state index is 0.0524. The Morgan fingerprint density at radius 1 is 1.32 bits per heavy atom. The van der Waals surface area contributed by atoms with Crippen molar-refractivity contribution < 1.29 is 4.79 Å². The van der Waals surface area contributed by atoms with E-state index in [0.717, 1.165) is 23.8 Å². The maximum absolute atomic E-state index is 11.7. The van der Waals surface area contributed by atoms with Crippen molar-refractivity contribution in [3.63, 3.8) is 0 Å². The number of aromatic nitrogens is 2. The van der Waals surface area contributed by atoms with E-state index in [1.807, 2.05) is 17.7 Å². The summed E-state index contributed by atoms with van der Waals surface area (Å²) in [6.45, 7) is 7.14. The number of imidazole rings is 1. The van der Waals surface area contributed by atoms with Crippen LogP contribution in [0.15, 0.2) is 41.8 Å². The first kappa shape index (κ1) is 16.6. The summed E-state index contributed by atoms with van der Waals surface area (Å²) in [5.74, 6) is 0.964.